The molecule has 2 aromatic carbocycles. The van der Waals surface area contributed by atoms with Gasteiger partial charge in [-0.3, -0.25) is 4.72 Å². The predicted octanol–water partition coefficient (Wildman–Crippen LogP) is 3.03. The zero-order valence-corrected chi connectivity index (χ0v) is 11.8. The summed E-state index contributed by atoms with van der Waals surface area (Å²) in [7, 11) is -3.70. The molecule has 0 atom stereocenters. The van der Waals surface area contributed by atoms with Gasteiger partial charge in [-0.15, -0.1) is 0 Å². The van der Waals surface area contributed by atoms with E-state index in [0.717, 1.165) is 5.56 Å². The Bertz CT molecular complexity index is 714. The number of aryl methyl sites for hydroxylation is 1. The van der Waals surface area contributed by atoms with Gasteiger partial charge in [-0.25, -0.2) is 8.42 Å². The van der Waals surface area contributed by atoms with Crippen LogP contribution in [0.5, 0.6) is 0 Å². The van der Waals surface area contributed by atoms with Crippen LogP contribution < -0.4 is 10.5 Å². The Morgan fingerprint density at radius 1 is 1.16 bits per heavy atom. The van der Waals surface area contributed by atoms with Gasteiger partial charge in [0.2, 0.25) is 0 Å². The fraction of sp³-hybridized carbons (Fsp3) is 0.0769. The number of anilines is 2. The molecule has 0 unspecified atom stereocenters. The molecule has 2 aromatic rings. The summed E-state index contributed by atoms with van der Waals surface area (Å²) in [5.41, 5.74) is 7.56. The van der Waals surface area contributed by atoms with Crippen LogP contribution >= 0.6 is 11.6 Å². The molecule has 0 saturated heterocycles. The number of nitrogens with one attached hydrogen (secondary N) is 1. The molecule has 0 fully saturated rings. The van der Waals surface area contributed by atoms with Gasteiger partial charge in [0.1, 0.15) is 4.90 Å². The second kappa shape index (κ2) is 5.11. The lowest BCUT2D eigenvalue weighted by Crippen LogP contribution is -2.13. The number of hydrogen-bond acceptors (Lipinski definition) is 3. The number of benzene rings is 2. The van der Waals surface area contributed by atoms with E-state index in [2.05, 4.69) is 4.72 Å². The highest BCUT2D eigenvalue weighted by Crippen LogP contribution is 2.24. The summed E-state index contributed by atoms with van der Waals surface area (Å²) < 4.78 is 26.9. The number of rotatable bonds is 3. The van der Waals surface area contributed by atoms with E-state index in [1.165, 1.54) is 12.1 Å². The van der Waals surface area contributed by atoms with Crippen molar-refractivity contribution in [2.45, 2.75) is 11.8 Å². The molecule has 2 rings (SSSR count). The van der Waals surface area contributed by atoms with Crippen molar-refractivity contribution in [2.24, 2.45) is 0 Å². The maximum Gasteiger partial charge on any atom is 0.263 e. The second-order valence-corrected chi connectivity index (χ2v) is 6.17. The highest BCUT2D eigenvalue weighted by Gasteiger charge is 2.17. The molecule has 3 N–H and O–H groups in total. The van der Waals surface area contributed by atoms with Crippen LogP contribution in [-0.2, 0) is 10.0 Å². The molecule has 0 bridgehead atoms. The molecule has 100 valence electrons. The quantitative estimate of drug-likeness (QED) is 0.855. The minimum atomic E-state index is -3.70. The number of halogens is 1. The third-order valence-corrected chi connectivity index (χ3v) is 4.53. The second-order valence-electron chi connectivity index (χ2n) is 4.11. The zero-order chi connectivity index (χ0) is 14.0. The van der Waals surface area contributed by atoms with Gasteiger partial charge in [0, 0.05) is 11.4 Å². The van der Waals surface area contributed by atoms with Gasteiger partial charge in [0.25, 0.3) is 10.0 Å². The van der Waals surface area contributed by atoms with E-state index >= 15 is 0 Å². The van der Waals surface area contributed by atoms with Gasteiger partial charge >= 0.3 is 0 Å². The summed E-state index contributed by atoms with van der Waals surface area (Å²) in [5, 5.41) is 0.183. The van der Waals surface area contributed by atoms with Crippen molar-refractivity contribution in [3.8, 4) is 0 Å². The van der Waals surface area contributed by atoms with E-state index in [-0.39, 0.29) is 9.92 Å². The Balaban J connectivity index is 2.37. The summed E-state index contributed by atoms with van der Waals surface area (Å²) in [4.78, 5) is 0.0474. The largest absolute Gasteiger partial charge is 0.399 e. The monoisotopic (exact) mass is 296 g/mol. The Morgan fingerprint density at radius 2 is 1.84 bits per heavy atom. The van der Waals surface area contributed by atoms with Crippen LogP contribution in [0.2, 0.25) is 5.02 Å². The van der Waals surface area contributed by atoms with E-state index < -0.39 is 10.0 Å². The summed E-state index contributed by atoms with van der Waals surface area (Å²) in [6.45, 7) is 1.81. The van der Waals surface area contributed by atoms with Crippen molar-refractivity contribution in [3.05, 3.63) is 53.1 Å². The van der Waals surface area contributed by atoms with Gasteiger partial charge in [-0.2, -0.15) is 0 Å². The van der Waals surface area contributed by atoms with Crippen LogP contribution in [0.25, 0.3) is 0 Å². The molecule has 0 spiro atoms. The van der Waals surface area contributed by atoms with E-state index in [1.54, 1.807) is 30.3 Å². The number of hydrogen-bond donors (Lipinski definition) is 2. The lowest BCUT2D eigenvalue weighted by Gasteiger charge is -2.10. The van der Waals surface area contributed by atoms with Crippen molar-refractivity contribution >= 4 is 33.0 Å². The van der Waals surface area contributed by atoms with Crippen molar-refractivity contribution < 1.29 is 8.42 Å². The van der Waals surface area contributed by atoms with Crippen LogP contribution in [0.3, 0.4) is 0 Å². The van der Waals surface area contributed by atoms with Crippen LogP contribution in [0, 0.1) is 6.92 Å². The molecule has 0 aliphatic rings. The van der Waals surface area contributed by atoms with Crippen molar-refractivity contribution in [1.82, 2.24) is 0 Å². The Kier molecular flexibility index (Phi) is 3.68. The molecule has 4 nitrogen and oxygen atoms in total. The Hall–Kier alpha value is -1.72. The molecule has 0 aromatic heterocycles. The van der Waals surface area contributed by atoms with Crippen LogP contribution in [-0.4, -0.2) is 8.42 Å². The van der Waals surface area contributed by atoms with E-state index in [4.69, 9.17) is 17.3 Å². The van der Waals surface area contributed by atoms with E-state index in [9.17, 15) is 8.42 Å². The standard InChI is InChI=1S/C13H13ClN2O2S/c1-9-8-10(6-7-12(9)15)16-19(17,18)13-5-3-2-4-11(13)14/h2-8,16H,15H2,1H3. The molecule has 6 heteroatoms. The molecule has 0 heterocycles. The van der Waals surface area contributed by atoms with E-state index in [1.807, 2.05) is 6.92 Å². The maximum absolute atomic E-state index is 12.2. The lowest BCUT2D eigenvalue weighted by atomic mass is 10.2. The van der Waals surface area contributed by atoms with Crippen LogP contribution in [0.4, 0.5) is 11.4 Å². The lowest BCUT2D eigenvalue weighted by molar-refractivity contribution is 0.601. The molecule has 0 amide bonds. The van der Waals surface area contributed by atoms with Gasteiger partial charge in [-0.1, -0.05) is 23.7 Å². The highest BCUT2D eigenvalue weighted by molar-refractivity contribution is 7.92. The molecule has 0 saturated carbocycles. The van der Waals surface area contributed by atoms with Gasteiger partial charge < -0.3 is 5.73 Å². The number of nitrogen functional groups attached to an aromatic ring is 1. The molecular weight excluding hydrogens is 284 g/mol. The average molecular weight is 297 g/mol. The van der Waals surface area contributed by atoms with Gasteiger partial charge in [0.15, 0.2) is 0 Å². The van der Waals surface area contributed by atoms with E-state index in [0.29, 0.717) is 11.4 Å². The first-order valence-corrected chi connectivity index (χ1v) is 7.40. The molecule has 0 radical (unpaired) electrons. The smallest absolute Gasteiger partial charge is 0.263 e. The van der Waals surface area contributed by atoms with Crippen LogP contribution in [0.1, 0.15) is 5.56 Å². The average Bonchev–Trinajstić information content (AvgIpc) is 2.34. The number of nitrogens with two attached hydrogens (primary N) is 1. The van der Waals surface area contributed by atoms with Crippen molar-refractivity contribution in [2.75, 3.05) is 10.5 Å². The molecule has 0 aliphatic heterocycles. The first-order chi connectivity index (χ1) is 8.90. The zero-order valence-electron chi connectivity index (χ0n) is 10.2. The highest BCUT2D eigenvalue weighted by atomic mass is 35.5. The summed E-state index contributed by atoms with van der Waals surface area (Å²) in [6, 6.07) is 11.2. The summed E-state index contributed by atoms with van der Waals surface area (Å²) in [6.07, 6.45) is 0. The normalized spacial score (nSPS) is 11.3. The fourth-order valence-electron chi connectivity index (χ4n) is 1.61. The molecule has 0 aliphatic carbocycles. The minimum Gasteiger partial charge on any atom is -0.399 e. The topological polar surface area (TPSA) is 72.2 Å². The molecule has 19 heavy (non-hydrogen) atoms. The third kappa shape index (κ3) is 3.00. The minimum absolute atomic E-state index is 0.0474. The Morgan fingerprint density at radius 3 is 2.47 bits per heavy atom. The first kappa shape index (κ1) is 13.7. The Labute approximate surface area is 117 Å². The van der Waals surface area contributed by atoms with Crippen molar-refractivity contribution in [1.29, 1.82) is 0 Å². The summed E-state index contributed by atoms with van der Waals surface area (Å²) in [5.74, 6) is 0. The number of sulfonamides is 1. The molecular formula is C13H13ClN2O2S. The van der Waals surface area contributed by atoms with Crippen molar-refractivity contribution in [3.63, 3.8) is 0 Å². The SMILES string of the molecule is Cc1cc(NS(=O)(=O)c2ccccc2Cl)ccc1N. The van der Waals surface area contributed by atoms with Crippen LogP contribution in [0.15, 0.2) is 47.4 Å². The fourth-order valence-corrected chi connectivity index (χ4v) is 3.18. The van der Waals surface area contributed by atoms with Gasteiger partial charge in [-0.05, 0) is 42.8 Å². The summed E-state index contributed by atoms with van der Waals surface area (Å²) >= 11 is 5.89. The third-order valence-electron chi connectivity index (χ3n) is 2.65. The van der Waals surface area contributed by atoms with Gasteiger partial charge in [0.05, 0.1) is 5.02 Å². The predicted molar refractivity (Wildman–Crippen MR) is 77.9 cm³/mol. The first-order valence-electron chi connectivity index (χ1n) is 5.53. The maximum atomic E-state index is 12.2.